The molecular formula is C15H9FN2O3. The molecule has 2 N–H and O–H groups in total. The van der Waals surface area contributed by atoms with Crippen LogP contribution in [0.5, 0.6) is 0 Å². The van der Waals surface area contributed by atoms with Crippen molar-refractivity contribution in [3.05, 3.63) is 65.0 Å². The predicted molar refractivity (Wildman–Crippen MR) is 72.5 cm³/mol. The van der Waals surface area contributed by atoms with Gasteiger partial charge in [0.1, 0.15) is 5.82 Å². The van der Waals surface area contributed by atoms with Gasteiger partial charge in [-0.2, -0.15) is 5.26 Å². The van der Waals surface area contributed by atoms with Gasteiger partial charge in [-0.1, -0.05) is 12.1 Å². The number of nitrogens with one attached hydrogen (secondary N) is 1. The fraction of sp³-hybridized carbons (Fsp3) is 0. The lowest BCUT2D eigenvalue weighted by atomic mass is 10.1. The molecule has 2 aromatic carbocycles. The van der Waals surface area contributed by atoms with Crippen LogP contribution in [-0.2, 0) is 0 Å². The molecule has 0 bridgehead atoms. The van der Waals surface area contributed by atoms with E-state index in [9.17, 15) is 14.0 Å². The summed E-state index contributed by atoms with van der Waals surface area (Å²) in [6.07, 6.45) is 0. The highest BCUT2D eigenvalue weighted by atomic mass is 19.1. The molecule has 0 unspecified atom stereocenters. The van der Waals surface area contributed by atoms with Crippen molar-refractivity contribution in [3.8, 4) is 6.07 Å². The molecule has 5 nitrogen and oxygen atoms in total. The van der Waals surface area contributed by atoms with Crippen LogP contribution in [0.1, 0.15) is 26.3 Å². The molecule has 0 spiro atoms. The number of halogens is 1. The first-order chi connectivity index (χ1) is 10.0. The highest BCUT2D eigenvalue weighted by Crippen LogP contribution is 2.17. The standard InChI is InChI=1S/C15H9FN2O3/c16-12-7-9(8-17)5-6-13(12)18-14(19)10-3-1-2-4-11(10)15(20)21/h1-7H,(H,18,19)(H,20,21). The maximum Gasteiger partial charge on any atom is 0.336 e. The van der Waals surface area contributed by atoms with Gasteiger partial charge in [0.15, 0.2) is 0 Å². The monoisotopic (exact) mass is 284 g/mol. The Kier molecular flexibility index (Phi) is 3.95. The number of aromatic carboxylic acids is 1. The average molecular weight is 284 g/mol. The maximum absolute atomic E-state index is 13.7. The number of carboxylic acid groups (broad SMARTS) is 1. The van der Waals surface area contributed by atoms with Crippen LogP contribution >= 0.6 is 0 Å². The van der Waals surface area contributed by atoms with Crippen LogP contribution in [-0.4, -0.2) is 17.0 Å². The lowest BCUT2D eigenvalue weighted by molar-refractivity contribution is 0.0692. The second kappa shape index (κ2) is 5.84. The first kappa shape index (κ1) is 14.2. The van der Waals surface area contributed by atoms with Crippen molar-refractivity contribution in [2.75, 3.05) is 5.32 Å². The van der Waals surface area contributed by atoms with Gasteiger partial charge in [0.25, 0.3) is 5.91 Å². The Hall–Kier alpha value is -3.20. The smallest absolute Gasteiger partial charge is 0.336 e. The SMILES string of the molecule is N#Cc1ccc(NC(=O)c2ccccc2C(=O)O)c(F)c1. The number of nitriles is 1. The minimum Gasteiger partial charge on any atom is -0.478 e. The second-order valence-corrected chi connectivity index (χ2v) is 4.11. The average Bonchev–Trinajstić information content (AvgIpc) is 2.49. The molecule has 1 amide bonds. The predicted octanol–water partition coefficient (Wildman–Crippen LogP) is 2.65. The molecule has 6 heteroatoms. The summed E-state index contributed by atoms with van der Waals surface area (Å²) < 4.78 is 13.7. The van der Waals surface area contributed by atoms with E-state index in [4.69, 9.17) is 10.4 Å². The van der Waals surface area contributed by atoms with E-state index in [1.807, 2.05) is 0 Å². The molecule has 0 aliphatic carbocycles. The normalized spacial score (nSPS) is 9.71. The molecule has 2 rings (SSSR count). The summed E-state index contributed by atoms with van der Waals surface area (Å²) in [5.41, 5.74) is -0.256. The number of benzene rings is 2. The molecule has 0 saturated heterocycles. The van der Waals surface area contributed by atoms with E-state index in [2.05, 4.69) is 5.32 Å². The number of hydrogen-bond acceptors (Lipinski definition) is 3. The topological polar surface area (TPSA) is 90.2 Å². The summed E-state index contributed by atoms with van der Waals surface area (Å²) in [5.74, 6) is -2.76. The number of carboxylic acids is 1. The molecule has 0 aromatic heterocycles. The molecular weight excluding hydrogens is 275 g/mol. The summed E-state index contributed by atoms with van der Waals surface area (Å²) >= 11 is 0. The molecule has 0 aliphatic rings. The minimum absolute atomic E-state index is 0.0752. The number of carbonyl (C=O) groups is 2. The van der Waals surface area contributed by atoms with E-state index in [-0.39, 0.29) is 22.4 Å². The number of anilines is 1. The third kappa shape index (κ3) is 3.04. The first-order valence-corrected chi connectivity index (χ1v) is 5.86. The largest absolute Gasteiger partial charge is 0.478 e. The number of amides is 1. The summed E-state index contributed by atoms with van der Waals surface area (Å²) in [4.78, 5) is 23.1. The maximum atomic E-state index is 13.7. The Morgan fingerprint density at radius 2 is 1.81 bits per heavy atom. The zero-order valence-electron chi connectivity index (χ0n) is 10.6. The summed E-state index contributed by atoms with van der Waals surface area (Å²) in [6.45, 7) is 0. The number of nitrogens with zero attached hydrogens (tertiary/aromatic N) is 1. The Bertz CT molecular complexity index is 766. The van der Waals surface area contributed by atoms with E-state index >= 15 is 0 Å². The highest BCUT2D eigenvalue weighted by Gasteiger charge is 2.17. The van der Waals surface area contributed by atoms with E-state index in [1.165, 1.54) is 36.4 Å². The van der Waals surface area contributed by atoms with Crippen molar-refractivity contribution in [2.24, 2.45) is 0 Å². The molecule has 0 atom stereocenters. The van der Waals surface area contributed by atoms with Crippen LogP contribution < -0.4 is 5.32 Å². The highest BCUT2D eigenvalue weighted by molar-refractivity contribution is 6.10. The van der Waals surface area contributed by atoms with Crippen molar-refractivity contribution in [2.45, 2.75) is 0 Å². The molecule has 0 heterocycles. The van der Waals surface area contributed by atoms with Crippen molar-refractivity contribution in [3.63, 3.8) is 0 Å². The molecule has 0 aliphatic heterocycles. The van der Waals surface area contributed by atoms with E-state index in [0.29, 0.717) is 0 Å². The molecule has 0 saturated carbocycles. The van der Waals surface area contributed by atoms with Crippen molar-refractivity contribution in [1.29, 1.82) is 5.26 Å². The van der Waals surface area contributed by atoms with Gasteiger partial charge >= 0.3 is 5.97 Å². The van der Waals surface area contributed by atoms with Gasteiger partial charge < -0.3 is 10.4 Å². The minimum atomic E-state index is -1.25. The molecule has 104 valence electrons. The summed E-state index contributed by atoms with van der Waals surface area (Å²) in [6, 6.07) is 11.0. The second-order valence-electron chi connectivity index (χ2n) is 4.11. The molecule has 0 radical (unpaired) electrons. The Morgan fingerprint density at radius 3 is 2.38 bits per heavy atom. The van der Waals surface area contributed by atoms with Gasteiger partial charge in [-0.25, -0.2) is 9.18 Å². The van der Waals surface area contributed by atoms with E-state index in [0.717, 1.165) is 6.07 Å². The van der Waals surface area contributed by atoms with Crippen molar-refractivity contribution >= 4 is 17.6 Å². The third-order valence-electron chi connectivity index (χ3n) is 2.75. The van der Waals surface area contributed by atoms with Gasteiger partial charge in [-0.15, -0.1) is 0 Å². The van der Waals surface area contributed by atoms with E-state index < -0.39 is 17.7 Å². The fourth-order valence-corrected chi connectivity index (χ4v) is 1.74. The fourth-order valence-electron chi connectivity index (χ4n) is 1.74. The van der Waals surface area contributed by atoms with Crippen LogP contribution in [0.4, 0.5) is 10.1 Å². The van der Waals surface area contributed by atoms with Gasteiger partial charge in [0, 0.05) is 0 Å². The Labute approximate surface area is 119 Å². The number of carbonyl (C=O) groups excluding carboxylic acids is 1. The summed E-state index contributed by atoms with van der Waals surface area (Å²) in [5, 5.41) is 19.9. The van der Waals surface area contributed by atoms with Crippen LogP contribution in [0.15, 0.2) is 42.5 Å². The van der Waals surface area contributed by atoms with Crippen LogP contribution in [0, 0.1) is 17.1 Å². The molecule has 21 heavy (non-hydrogen) atoms. The molecule has 2 aromatic rings. The summed E-state index contributed by atoms with van der Waals surface area (Å²) in [7, 11) is 0. The van der Waals surface area contributed by atoms with E-state index in [1.54, 1.807) is 6.07 Å². The quantitative estimate of drug-likeness (QED) is 0.906. The molecule has 0 fully saturated rings. The van der Waals surface area contributed by atoms with Gasteiger partial charge in [0.05, 0.1) is 28.4 Å². The number of rotatable bonds is 3. The number of hydrogen-bond donors (Lipinski definition) is 2. The van der Waals surface area contributed by atoms with Gasteiger partial charge in [-0.3, -0.25) is 4.79 Å². The zero-order valence-corrected chi connectivity index (χ0v) is 10.6. The van der Waals surface area contributed by atoms with Crippen molar-refractivity contribution in [1.82, 2.24) is 0 Å². The Balaban J connectivity index is 2.31. The Morgan fingerprint density at radius 1 is 1.14 bits per heavy atom. The lowest BCUT2D eigenvalue weighted by Gasteiger charge is -2.08. The van der Waals surface area contributed by atoms with Crippen LogP contribution in [0.25, 0.3) is 0 Å². The lowest BCUT2D eigenvalue weighted by Crippen LogP contribution is -2.17. The van der Waals surface area contributed by atoms with Gasteiger partial charge in [0.2, 0.25) is 0 Å². The first-order valence-electron chi connectivity index (χ1n) is 5.86. The van der Waals surface area contributed by atoms with Gasteiger partial charge in [-0.05, 0) is 30.3 Å². The third-order valence-corrected chi connectivity index (χ3v) is 2.75. The zero-order chi connectivity index (χ0) is 15.4. The van der Waals surface area contributed by atoms with Crippen molar-refractivity contribution < 1.29 is 19.1 Å². The van der Waals surface area contributed by atoms with Crippen LogP contribution in [0.3, 0.4) is 0 Å². The van der Waals surface area contributed by atoms with Crippen LogP contribution in [0.2, 0.25) is 0 Å².